The number of hydrogen-bond donors (Lipinski definition) is 0. The van der Waals surface area contributed by atoms with Gasteiger partial charge in [0.05, 0.1) is 0 Å². The highest BCUT2D eigenvalue weighted by Crippen LogP contribution is 2.38. The first-order valence-corrected chi connectivity index (χ1v) is 17.5. The van der Waals surface area contributed by atoms with E-state index in [2.05, 4.69) is 182 Å². The Morgan fingerprint density at radius 2 is 0.635 bits per heavy atom. The molecule has 0 bridgehead atoms. The van der Waals surface area contributed by atoms with Crippen molar-refractivity contribution in [3.05, 3.63) is 200 Å². The number of benzene rings is 8. The van der Waals surface area contributed by atoms with Gasteiger partial charge in [0.1, 0.15) is 0 Å². The second kappa shape index (κ2) is 13.7. The first-order chi connectivity index (χ1) is 25.8. The van der Waals surface area contributed by atoms with E-state index < -0.39 is 0 Å². The zero-order chi connectivity index (χ0) is 34.7. The summed E-state index contributed by atoms with van der Waals surface area (Å²) in [5.41, 5.74) is 11.7. The van der Waals surface area contributed by atoms with Gasteiger partial charge in [0, 0.05) is 16.7 Å². The number of aromatic nitrogens is 3. The zero-order valence-electron chi connectivity index (χ0n) is 28.4. The molecule has 3 nitrogen and oxygen atoms in total. The van der Waals surface area contributed by atoms with E-state index in [0.717, 1.165) is 55.6 Å². The highest BCUT2D eigenvalue weighted by molar-refractivity contribution is 5.91. The van der Waals surface area contributed by atoms with Crippen LogP contribution < -0.4 is 0 Å². The molecule has 3 heteroatoms. The van der Waals surface area contributed by atoms with E-state index in [1.165, 1.54) is 16.3 Å². The van der Waals surface area contributed by atoms with E-state index in [4.69, 9.17) is 15.0 Å². The second-order valence-electron chi connectivity index (χ2n) is 12.8. The molecule has 0 aliphatic heterocycles. The van der Waals surface area contributed by atoms with Crippen molar-refractivity contribution >= 4 is 10.8 Å². The normalized spacial score (nSPS) is 11.1. The summed E-state index contributed by atoms with van der Waals surface area (Å²) in [5, 5.41) is 2.42. The van der Waals surface area contributed by atoms with Crippen LogP contribution in [0.15, 0.2) is 200 Å². The third-order valence-electron chi connectivity index (χ3n) is 9.57. The molecule has 0 radical (unpaired) electrons. The van der Waals surface area contributed by atoms with Crippen LogP contribution in [0.5, 0.6) is 0 Å². The van der Waals surface area contributed by atoms with Gasteiger partial charge in [-0.1, -0.05) is 188 Å². The quantitative estimate of drug-likeness (QED) is 0.170. The first kappa shape index (κ1) is 31.0. The lowest BCUT2D eigenvalue weighted by Crippen LogP contribution is -2.02. The van der Waals surface area contributed by atoms with Gasteiger partial charge in [-0.05, 0) is 67.4 Å². The van der Waals surface area contributed by atoms with Crippen LogP contribution in [0.4, 0.5) is 0 Å². The second-order valence-corrected chi connectivity index (χ2v) is 12.8. The molecule has 0 N–H and O–H groups in total. The minimum Gasteiger partial charge on any atom is -0.208 e. The summed E-state index contributed by atoms with van der Waals surface area (Å²) >= 11 is 0. The average Bonchev–Trinajstić information content (AvgIpc) is 3.24. The van der Waals surface area contributed by atoms with Crippen molar-refractivity contribution in [2.24, 2.45) is 0 Å². The third kappa shape index (κ3) is 6.17. The van der Waals surface area contributed by atoms with Gasteiger partial charge < -0.3 is 0 Å². The Hall–Kier alpha value is -6.97. The van der Waals surface area contributed by atoms with E-state index in [1.54, 1.807) is 0 Å². The van der Waals surface area contributed by atoms with Crippen LogP contribution in [0, 0.1) is 0 Å². The maximum absolute atomic E-state index is 5.30. The van der Waals surface area contributed by atoms with Crippen molar-refractivity contribution in [3.63, 3.8) is 0 Å². The fourth-order valence-electron chi connectivity index (χ4n) is 6.88. The topological polar surface area (TPSA) is 38.7 Å². The van der Waals surface area contributed by atoms with Crippen LogP contribution in [-0.2, 0) is 0 Å². The molecule has 0 saturated heterocycles. The highest BCUT2D eigenvalue weighted by Gasteiger charge is 2.19. The molecule has 0 unspecified atom stereocenters. The van der Waals surface area contributed by atoms with Gasteiger partial charge in [0.2, 0.25) is 0 Å². The minimum absolute atomic E-state index is 0.622. The molecule has 9 rings (SSSR count). The van der Waals surface area contributed by atoms with Gasteiger partial charge in [-0.25, -0.2) is 15.0 Å². The Balaban J connectivity index is 1.26. The van der Waals surface area contributed by atoms with Crippen molar-refractivity contribution in [2.75, 3.05) is 0 Å². The van der Waals surface area contributed by atoms with Crippen LogP contribution >= 0.6 is 0 Å². The van der Waals surface area contributed by atoms with E-state index in [9.17, 15) is 0 Å². The van der Waals surface area contributed by atoms with Crippen molar-refractivity contribution in [1.29, 1.82) is 0 Å². The fourth-order valence-corrected chi connectivity index (χ4v) is 6.88. The molecule has 0 amide bonds. The molecule has 0 fully saturated rings. The molecule has 0 atom stereocenters. The summed E-state index contributed by atoms with van der Waals surface area (Å²) in [4.78, 5) is 15.7. The van der Waals surface area contributed by atoms with Crippen LogP contribution in [0.25, 0.3) is 89.4 Å². The molecule has 1 heterocycles. The fraction of sp³-hybridized carbons (Fsp3) is 0. The number of fused-ring (bicyclic) bond motifs is 1. The lowest BCUT2D eigenvalue weighted by atomic mass is 9.93. The van der Waals surface area contributed by atoms with Gasteiger partial charge in [-0.3, -0.25) is 0 Å². The Labute approximate surface area is 303 Å². The molecule has 0 aliphatic carbocycles. The van der Waals surface area contributed by atoms with Gasteiger partial charge >= 0.3 is 0 Å². The van der Waals surface area contributed by atoms with Crippen LogP contribution in [0.1, 0.15) is 0 Å². The summed E-state index contributed by atoms with van der Waals surface area (Å²) in [5.74, 6) is 1.87. The van der Waals surface area contributed by atoms with Crippen LogP contribution in [0.2, 0.25) is 0 Å². The standard InChI is InChI=1S/C49H33N3/c1-4-14-34(15-5-1)36-24-27-39(28-25-36)47-50-48(45-23-13-12-22-43(45)37-17-6-2-7-18-37)52-49(51-47)46-33-42(30-31-44(46)38-19-8-3-9-20-38)41-29-26-35-16-10-11-21-40(35)32-41/h1-33H. The number of nitrogens with zero attached hydrogens (tertiary/aromatic N) is 3. The predicted octanol–water partition coefficient (Wildman–Crippen LogP) is 12.7. The van der Waals surface area contributed by atoms with E-state index in [-0.39, 0.29) is 0 Å². The predicted molar refractivity (Wildman–Crippen MR) is 215 cm³/mol. The molecule has 0 aliphatic rings. The van der Waals surface area contributed by atoms with Gasteiger partial charge in [0.15, 0.2) is 17.5 Å². The molecule has 244 valence electrons. The Morgan fingerprint density at radius 1 is 0.212 bits per heavy atom. The monoisotopic (exact) mass is 663 g/mol. The summed E-state index contributed by atoms with van der Waals surface area (Å²) in [7, 11) is 0. The largest absolute Gasteiger partial charge is 0.208 e. The maximum atomic E-state index is 5.30. The summed E-state index contributed by atoms with van der Waals surface area (Å²) in [6.07, 6.45) is 0. The Bertz CT molecular complexity index is 2650. The molecule has 0 saturated carbocycles. The van der Waals surface area contributed by atoms with Gasteiger partial charge in [-0.2, -0.15) is 0 Å². The van der Waals surface area contributed by atoms with Crippen molar-refractivity contribution in [3.8, 4) is 78.7 Å². The summed E-state index contributed by atoms with van der Waals surface area (Å²) in [6, 6.07) is 69.9. The molecular formula is C49H33N3. The van der Waals surface area contributed by atoms with Crippen molar-refractivity contribution in [2.45, 2.75) is 0 Å². The molecule has 9 aromatic rings. The number of hydrogen-bond acceptors (Lipinski definition) is 3. The molecular weight excluding hydrogens is 631 g/mol. The van der Waals surface area contributed by atoms with E-state index in [1.807, 2.05) is 18.2 Å². The summed E-state index contributed by atoms with van der Waals surface area (Å²) < 4.78 is 0. The minimum atomic E-state index is 0.622. The molecule has 0 spiro atoms. The van der Waals surface area contributed by atoms with Crippen molar-refractivity contribution in [1.82, 2.24) is 15.0 Å². The molecule has 52 heavy (non-hydrogen) atoms. The third-order valence-corrected chi connectivity index (χ3v) is 9.57. The van der Waals surface area contributed by atoms with Gasteiger partial charge in [-0.15, -0.1) is 0 Å². The number of rotatable bonds is 7. The van der Waals surface area contributed by atoms with Crippen LogP contribution in [-0.4, -0.2) is 15.0 Å². The van der Waals surface area contributed by atoms with Crippen LogP contribution in [0.3, 0.4) is 0 Å². The van der Waals surface area contributed by atoms with Gasteiger partial charge in [0.25, 0.3) is 0 Å². The van der Waals surface area contributed by atoms with E-state index in [0.29, 0.717) is 17.5 Å². The lowest BCUT2D eigenvalue weighted by Gasteiger charge is -2.15. The average molecular weight is 664 g/mol. The van der Waals surface area contributed by atoms with E-state index >= 15 is 0 Å². The van der Waals surface area contributed by atoms with Crippen molar-refractivity contribution < 1.29 is 0 Å². The molecule has 8 aromatic carbocycles. The lowest BCUT2D eigenvalue weighted by molar-refractivity contribution is 1.07. The molecule has 1 aromatic heterocycles. The zero-order valence-corrected chi connectivity index (χ0v) is 28.4. The first-order valence-electron chi connectivity index (χ1n) is 17.5. The SMILES string of the molecule is c1ccc(-c2ccc(-c3nc(-c4ccccc4-c4ccccc4)nc(-c4cc(-c5ccc6ccccc6c5)ccc4-c4ccccc4)n3)cc2)cc1. The smallest absolute Gasteiger partial charge is 0.164 e. The Morgan fingerprint density at radius 3 is 1.31 bits per heavy atom. The Kier molecular flexibility index (Phi) is 8.20. The summed E-state index contributed by atoms with van der Waals surface area (Å²) in [6.45, 7) is 0. The highest BCUT2D eigenvalue weighted by atomic mass is 15.0. The maximum Gasteiger partial charge on any atom is 0.164 e.